The Bertz CT molecular complexity index is 192. The first-order valence-corrected chi connectivity index (χ1v) is 4.59. The van der Waals surface area contributed by atoms with Crippen LogP contribution in [0.4, 0.5) is 0 Å². The van der Waals surface area contributed by atoms with Gasteiger partial charge in [-0.05, 0) is 13.8 Å². The van der Waals surface area contributed by atoms with E-state index in [9.17, 15) is 9.90 Å². The molecular formula is C9H18N2O2. The molecule has 1 saturated heterocycles. The average molecular weight is 186 g/mol. The van der Waals surface area contributed by atoms with Crippen molar-refractivity contribution in [1.29, 1.82) is 0 Å². The molecule has 1 rings (SSSR count). The van der Waals surface area contributed by atoms with Crippen molar-refractivity contribution in [2.24, 2.45) is 0 Å². The fraction of sp³-hybridized carbons (Fsp3) is 0.889. The summed E-state index contributed by atoms with van der Waals surface area (Å²) >= 11 is 0. The summed E-state index contributed by atoms with van der Waals surface area (Å²) in [5.74, 6) is 0.0212. The number of likely N-dealkylation sites (tertiary alicyclic amines) is 1. The number of carbonyl (C=O) groups excluding carboxylic acids is 1. The van der Waals surface area contributed by atoms with Gasteiger partial charge in [0.05, 0.1) is 11.6 Å². The molecule has 0 saturated carbocycles. The highest BCUT2D eigenvalue weighted by Crippen LogP contribution is 2.12. The Hall–Kier alpha value is -0.610. The first-order chi connectivity index (χ1) is 5.87. The van der Waals surface area contributed by atoms with Gasteiger partial charge in [-0.25, -0.2) is 0 Å². The molecule has 1 aliphatic heterocycles. The summed E-state index contributed by atoms with van der Waals surface area (Å²) in [6.07, 6.45) is 0. The highest BCUT2D eigenvalue weighted by atomic mass is 16.3. The third-order valence-electron chi connectivity index (χ3n) is 1.98. The zero-order valence-electron chi connectivity index (χ0n) is 8.50. The molecule has 4 nitrogen and oxygen atoms in total. The van der Waals surface area contributed by atoms with Gasteiger partial charge in [0.2, 0.25) is 5.91 Å². The van der Waals surface area contributed by atoms with Crippen molar-refractivity contribution in [2.75, 3.05) is 19.6 Å². The summed E-state index contributed by atoms with van der Waals surface area (Å²) in [7, 11) is 0. The summed E-state index contributed by atoms with van der Waals surface area (Å²) in [5.41, 5.74) is -0.638. The van der Waals surface area contributed by atoms with E-state index in [4.69, 9.17) is 0 Å². The smallest absolute Gasteiger partial charge is 0.217 e. The van der Waals surface area contributed by atoms with Gasteiger partial charge in [0.25, 0.3) is 0 Å². The molecule has 0 unspecified atom stereocenters. The van der Waals surface area contributed by atoms with E-state index in [0.29, 0.717) is 6.54 Å². The number of β-amino-alcohol motifs (C(OH)–C–C–N with tert-alkyl or cyclic N) is 1. The van der Waals surface area contributed by atoms with Crippen LogP contribution >= 0.6 is 0 Å². The van der Waals surface area contributed by atoms with E-state index in [-0.39, 0.29) is 11.9 Å². The molecule has 76 valence electrons. The van der Waals surface area contributed by atoms with Crippen molar-refractivity contribution < 1.29 is 9.90 Å². The lowest BCUT2D eigenvalue weighted by atomic mass is 10.0. The van der Waals surface area contributed by atoms with Crippen molar-refractivity contribution in [3.05, 3.63) is 0 Å². The van der Waals surface area contributed by atoms with Crippen LogP contribution in [0.25, 0.3) is 0 Å². The summed E-state index contributed by atoms with van der Waals surface area (Å²) < 4.78 is 0. The monoisotopic (exact) mass is 186 g/mol. The van der Waals surface area contributed by atoms with E-state index in [1.54, 1.807) is 13.8 Å². The van der Waals surface area contributed by atoms with Crippen LogP contribution in [-0.4, -0.2) is 47.2 Å². The number of carbonyl (C=O) groups is 1. The van der Waals surface area contributed by atoms with Crippen LogP contribution in [-0.2, 0) is 4.79 Å². The van der Waals surface area contributed by atoms with Crippen LogP contribution < -0.4 is 5.32 Å². The van der Waals surface area contributed by atoms with E-state index >= 15 is 0 Å². The van der Waals surface area contributed by atoms with Crippen LogP contribution in [0.1, 0.15) is 20.8 Å². The predicted molar refractivity (Wildman–Crippen MR) is 50.3 cm³/mol. The Kier molecular flexibility index (Phi) is 2.93. The van der Waals surface area contributed by atoms with Crippen LogP contribution in [0, 0.1) is 0 Å². The minimum Gasteiger partial charge on any atom is -0.389 e. The number of nitrogens with zero attached hydrogens (tertiary/aromatic N) is 1. The average Bonchev–Trinajstić information content (AvgIpc) is 1.78. The van der Waals surface area contributed by atoms with Crippen molar-refractivity contribution >= 4 is 5.91 Å². The van der Waals surface area contributed by atoms with Crippen molar-refractivity contribution in [3.8, 4) is 0 Å². The van der Waals surface area contributed by atoms with Crippen LogP contribution in [0.3, 0.4) is 0 Å². The van der Waals surface area contributed by atoms with E-state index in [1.807, 2.05) is 0 Å². The van der Waals surface area contributed by atoms with E-state index < -0.39 is 5.60 Å². The predicted octanol–water partition coefficient (Wildman–Crippen LogP) is -0.422. The van der Waals surface area contributed by atoms with E-state index in [2.05, 4.69) is 10.2 Å². The van der Waals surface area contributed by atoms with Gasteiger partial charge >= 0.3 is 0 Å². The first-order valence-electron chi connectivity index (χ1n) is 4.59. The quantitative estimate of drug-likeness (QED) is 0.629. The Morgan fingerprint density at radius 1 is 1.62 bits per heavy atom. The number of rotatable bonds is 3. The molecule has 0 spiro atoms. The lowest BCUT2D eigenvalue weighted by Crippen LogP contribution is -2.61. The molecule has 0 aromatic heterocycles. The number of nitrogens with one attached hydrogen (secondary N) is 1. The van der Waals surface area contributed by atoms with Gasteiger partial charge in [-0.3, -0.25) is 9.69 Å². The second-order valence-corrected chi connectivity index (χ2v) is 4.40. The molecular weight excluding hydrogens is 168 g/mol. The third kappa shape index (κ3) is 3.74. The van der Waals surface area contributed by atoms with Crippen LogP contribution in [0.2, 0.25) is 0 Å². The normalized spacial score (nSPS) is 19.7. The van der Waals surface area contributed by atoms with Gasteiger partial charge in [0.1, 0.15) is 0 Å². The molecule has 0 radical (unpaired) electrons. The Morgan fingerprint density at radius 3 is 2.54 bits per heavy atom. The molecule has 1 amide bonds. The molecule has 13 heavy (non-hydrogen) atoms. The largest absolute Gasteiger partial charge is 0.389 e. The molecule has 0 aromatic carbocycles. The third-order valence-corrected chi connectivity index (χ3v) is 1.98. The lowest BCUT2D eigenvalue weighted by molar-refractivity contribution is -0.121. The molecule has 2 N–H and O–H groups in total. The SMILES string of the molecule is CC(=O)NC1CN(CC(C)(C)O)C1. The second-order valence-electron chi connectivity index (χ2n) is 4.40. The summed E-state index contributed by atoms with van der Waals surface area (Å²) in [4.78, 5) is 12.8. The van der Waals surface area contributed by atoms with Crippen molar-refractivity contribution in [1.82, 2.24) is 10.2 Å². The molecule has 0 aromatic rings. The van der Waals surface area contributed by atoms with Crippen LogP contribution in [0.5, 0.6) is 0 Å². The molecule has 1 aliphatic rings. The number of aliphatic hydroxyl groups is 1. The fourth-order valence-electron chi connectivity index (χ4n) is 1.62. The van der Waals surface area contributed by atoms with Gasteiger partial charge < -0.3 is 10.4 Å². The molecule has 1 heterocycles. The zero-order chi connectivity index (χ0) is 10.1. The molecule has 0 atom stereocenters. The Morgan fingerprint density at radius 2 is 2.15 bits per heavy atom. The minimum absolute atomic E-state index is 0.0212. The van der Waals surface area contributed by atoms with Gasteiger partial charge in [-0.2, -0.15) is 0 Å². The Balaban J connectivity index is 2.15. The molecule has 4 heteroatoms. The van der Waals surface area contributed by atoms with E-state index in [1.165, 1.54) is 6.92 Å². The highest BCUT2D eigenvalue weighted by molar-refractivity contribution is 5.73. The fourth-order valence-corrected chi connectivity index (χ4v) is 1.62. The van der Waals surface area contributed by atoms with Gasteiger partial charge in [-0.15, -0.1) is 0 Å². The Labute approximate surface area is 78.9 Å². The molecule has 0 bridgehead atoms. The standard InChI is InChI=1S/C9H18N2O2/c1-7(12)10-8-4-11(5-8)6-9(2,3)13/h8,13H,4-6H2,1-3H3,(H,10,12). The van der Waals surface area contributed by atoms with Gasteiger partial charge in [0, 0.05) is 26.6 Å². The highest BCUT2D eigenvalue weighted by Gasteiger charge is 2.30. The number of hydrogen-bond donors (Lipinski definition) is 2. The molecule has 1 fully saturated rings. The lowest BCUT2D eigenvalue weighted by Gasteiger charge is -2.42. The maximum absolute atomic E-state index is 10.7. The summed E-state index contributed by atoms with van der Waals surface area (Å²) in [6, 6.07) is 0.278. The van der Waals surface area contributed by atoms with Gasteiger partial charge in [-0.1, -0.05) is 0 Å². The van der Waals surface area contributed by atoms with Crippen LogP contribution in [0.15, 0.2) is 0 Å². The maximum atomic E-state index is 10.7. The summed E-state index contributed by atoms with van der Waals surface area (Å²) in [5, 5.41) is 12.3. The minimum atomic E-state index is -0.638. The maximum Gasteiger partial charge on any atom is 0.217 e. The number of amides is 1. The van der Waals surface area contributed by atoms with Crippen molar-refractivity contribution in [3.63, 3.8) is 0 Å². The molecule has 0 aliphatic carbocycles. The topological polar surface area (TPSA) is 52.6 Å². The summed E-state index contributed by atoms with van der Waals surface area (Å²) in [6.45, 7) is 7.48. The number of hydrogen-bond acceptors (Lipinski definition) is 3. The zero-order valence-corrected chi connectivity index (χ0v) is 8.50. The van der Waals surface area contributed by atoms with E-state index in [0.717, 1.165) is 13.1 Å². The second kappa shape index (κ2) is 3.64. The van der Waals surface area contributed by atoms with Gasteiger partial charge in [0.15, 0.2) is 0 Å². The van der Waals surface area contributed by atoms with Crippen molar-refractivity contribution in [2.45, 2.75) is 32.4 Å². The first kappa shape index (κ1) is 10.5.